The van der Waals surface area contributed by atoms with Crippen LogP contribution < -0.4 is 4.74 Å². The third-order valence-electron chi connectivity index (χ3n) is 3.63. The third kappa shape index (κ3) is 3.13. The van der Waals surface area contributed by atoms with E-state index in [0.717, 1.165) is 31.1 Å². The van der Waals surface area contributed by atoms with Crippen LogP contribution in [0.2, 0.25) is 0 Å². The second kappa shape index (κ2) is 6.22. The van der Waals surface area contributed by atoms with Crippen molar-refractivity contribution < 1.29 is 9.53 Å². The second-order valence-electron chi connectivity index (χ2n) is 5.99. The minimum Gasteiger partial charge on any atom is -0.487 e. The van der Waals surface area contributed by atoms with Gasteiger partial charge in [0.1, 0.15) is 23.7 Å². The van der Waals surface area contributed by atoms with Crippen LogP contribution in [0.1, 0.15) is 30.0 Å². The van der Waals surface area contributed by atoms with Crippen molar-refractivity contribution in [3.8, 4) is 5.75 Å². The van der Waals surface area contributed by atoms with Gasteiger partial charge in [-0.15, -0.1) is 0 Å². The van der Waals surface area contributed by atoms with Crippen LogP contribution in [0.25, 0.3) is 0 Å². The van der Waals surface area contributed by atoms with Gasteiger partial charge < -0.3 is 9.64 Å². The van der Waals surface area contributed by atoms with Crippen LogP contribution >= 0.6 is 0 Å². The summed E-state index contributed by atoms with van der Waals surface area (Å²) < 4.78 is 7.49. The van der Waals surface area contributed by atoms with Gasteiger partial charge >= 0.3 is 0 Å². The molecule has 2 heterocycles. The fraction of sp³-hybridized carbons (Fsp3) is 0.412. The lowest BCUT2D eigenvalue weighted by Crippen LogP contribution is -2.42. The van der Waals surface area contributed by atoms with Gasteiger partial charge in [0.2, 0.25) is 0 Å². The first kappa shape index (κ1) is 14.6. The summed E-state index contributed by atoms with van der Waals surface area (Å²) in [4.78, 5) is 14.4. The molecule has 0 saturated carbocycles. The molecule has 5 heteroatoms. The molecule has 5 nitrogen and oxygen atoms in total. The number of fused-ring (bicyclic) bond motifs is 1. The van der Waals surface area contributed by atoms with Crippen molar-refractivity contribution >= 4 is 5.91 Å². The molecular formula is C17H21N3O2. The van der Waals surface area contributed by atoms with Gasteiger partial charge in [-0.05, 0) is 24.1 Å². The molecule has 0 bridgehead atoms. The van der Waals surface area contributed by atoms with E-state index >= 15 is 0 Å². The Morgan fingerprint density at radius 3 is 2.73 bits per heavy atom. The highest BCUT2D eigenvalue weighted by molar-refractivity contribution is 5.93. The average Bonchev–Trinajstić information content (AvgIpc) is 2.93. The van der Waals surface area contributed by atoms with Crippen LogP contribution in [-0.4, -0.2) is 33.7 Å². The van der Waals surface area contributed by atoms with Crippen LogP contribution in [0.4, 0.5) is 0 Å². The first-order valence-corrected chi connectivity index (χ1v) is 7.67. The van der Waals surface area contributed by atoms with E-state index in [9.17, 15) is 4.79 Å². The number of carbonyl (C=O) groups excluding carboxylic acids is 1. The van der Waals surface area contributed by atoms with Gasteiger partial charge in [-0.25, -0.2) is 0 Å². The van der Waals surface area contributed by atoms with Gasteiger partial charge in [0.25, 0.3) is 5.91 Å². The first-order chi connectivity index (χ1) is 10.6. The number of ether oxygens (including phenoxy) is 1. The fourth-order valence-electron chi connectivity index (χ4n) is 2.65. The molecular weight excluding hydrogens is 278 g/mol. The lowest BCUT2D eigenvalue weighted by molar-refractivity contribution is 0.0676. The molecule has 0 atom stereocenters. The zero-order chi connectivity index (χ0) is 15.5. The highest BCUT2D eigenvalue weighted by Crippen LogP contribution is 2.17. The molecule has 0 aliphatic carbocycles. The van der Waals surface area contributed by atoms with Crippen LogP contribution in [-0.2, 0) is 13.2 Å². The minimum absolute atomic E-state index is 0.0680. The SMILES string of the molecule is CC(C)CN1CCn2nc(COc3ccccc3)cc2C1=O. The van der Waals surface area contributed by atoms with Gasteiger partial charge in [-0.3, -0.25) is 9.48 Å². The van der Waals surface area contributed by atoms with Crippen molar-refractivity contribution in [1.82, 2.24) is 14.7 Å². The number of benzene rings is 1. The van der Waals surface area contributed by atoms with E-state index in [1.165, 1.54) is 0 Å². The quantitative estimate of drug-likeness (QED) is 0.852. The third-order valence-corrected chi connectivity index (χ3v) is 3.63. The Bertz CT molecular complexity index is 649. The largest absolute Gasteiger partial charge is 0.487 e. The van der Waals surface area contributed by atoms with Gasteiger partial charge in [0.15, 0.2) is 0 Å². The number of hydrogen-bond donors (Lipinski definition) is 0. The fourth-order valence-corrected chi connectivity index (χ4v) is 2.65. The highest BCUT2D eigenvalue weighted by Gasteiger charge is 2.26. The van der Waals surface area contributed by atoms with E-state index in [0.29, 0.717) is 18.2 Å². The zero-order valence-electron chi connectivity index (χ0n) is 13.0. The van der Waals surface area contributed by atoms with E-state index in [2.05, 4.69) is 18.9 Å². The Kier molecular flexibility index (Phi) is 4.13. The predicted octanol–water partition coefficient (Wildman–Crippen LogP) is 2.57. The molecule has 1 aromatic carbocycles. The molecule has 0 N–H and O–H groups in total. The maximum absolute atomic E-state index is 12.5. The molecule has 0 saturated heterocycles. The average molecular weight is 299 g/mol. The summed E-state index contributed by atoms with van der Waals surface area (Å²) in [5.41, 5.74) is 1.46. The van der Waals surface area contributed by atoms with Crippen molar-refractivity contribution in [3.63, 3.8) is 0 Å². The lowest BCUT2D eigenvalue weighted by atomic mass is 10.2. The summed E-state index contributed by atoms with van der Waals surface area (Å²) in [5.74, 6) is 1.35. The summed E-state index contributed by atoms with van der Waals surface area (Å²) in [6.07, 6.45) is 0. The number of hydrogen-bond acceptors (Lipinski definition) is 3. The van der Waals surface area contributed by atoms with Crippen molar-refractivity contribution in [1.29, 1.82) is 0 Å². The zero-order valence-corrected chi connectivity index (χ0v) is 13.0. The van der Waals surface area contributed by atoms with E-state index in [4.69, 9.17) is 4.74 Å². The number of amides is 1. The Balaban J connectivity index is 1.69. The summed E-state index contributed by atoms with van der Waals surface area (Å²) in [7, 11) is 0. The Labute approximate surface area is 130 Å². The topological polar surface area (TPSA) is 47.4 Å². The first-order valence-electron chi connectivity index (χ1n) is 7.67. The lowest BCUT2D eigenvalue weighted by Gasteiger charge is -2.28. The smallest absolute Gasteiger partial charge is 0.272 e. The van der Waals surface area contributed by atoms with Crippen molar-refractivity contribution in [2.75, 3.05) is 13.1 Å². The van der Waals surface area contributed by atoms with E-state index in [1.807, 2.05) is 41.3 Å². The Morgan fingerprint density at radius 1 is 1.23 bits per heavy atom. The number of rotatable bonds is 5. The van der Waals surface area contributed by atoms with Gasteiger partial charge in [-0.1, -0.05) is 32.0 Å². The van der Waals surface area contributed by atoms with Gasteiger partial charge in [-0.2, -0.15) is 5.10 Å². The van der Waals surface area contributed by atoms with Crippen LogP contribution in [0, 0.1) is 5.92 Å². The maximum Gasteiger partial charge on any atom is 0.272 e. The molecule has 0 fully saturated rings. The van der Waals surface area contributed by atoms with Crippen molar-refractivity contribution in [2.24, 2.45) is 5.92 Å². The molecule has 0 spiro atoms. The number of aromatic nitrogens is 2. The highest BCUT2D eigenvalue weighted by atomic mass is 16.5. The Hall–Kier alpha value is -2.30. The summed E-state index contributed by atoms with van der Waals surface area (Å²) in [6.45, 7) is 6.89. The Morgan fingerprint density at radius 2 is 2.00 bits per heavy atom. The monoisotopic (exact) mass is 299 g/mol. The molecule has 3 rings (SSSR count). The number of para-hydroxylation sites is 1. The van der Waals surface area contributed by atoms with Gasteiger partial charge in [0.05, 0.1) is 6.54 Å². The van der Waals surface area contributed by atoms with E-state index in [1.54, 1.807) is 4.68 Å². The molecule has 0 unspecified atom stereocenters. The molecule has 1 amide bonds. The summed E-state index contributed by atoms with van der Waals surface area (Å²) in [6, 6.07) is 11.5. The van der Waals surface area contributed by atoms with Crippen molar-refractivity contribution in [2.45, 2.75) is 27.0 Å². The molecule has 1 aliphatic heterocycles. The molecule has 1 aromatic heterocycles. The predicted molar refractivity (Wildman–Crippen MR) is 83.7 cm³/mol. The second-order valence-corrected chi connectivity index (χ2v) is 5.99. The van der Waals surface area contributed by atoms with E-state index < -0.39 is 0 Å². The maximum atomic E-state index is 12.5. The van der Waals surface area contributed by atoms with Crippen molar-refractivity contribution in [3.05, 3.63) is 47.8 Å². The van der Waals surface area contributed by atoms with E-state index in [-0.39, 0.29) is 5.91 Å². The van der Waals surface area contributed by atoms with Crippen LogP contribution in [0.15, 0.2) is 36.4 Å². The number of nitrogens with zero attached hydrogens (tertiary/aromatic N) is 3. The number of carbonyl (C=O) groups is 1. The molecule has 22 heavy (non-hydrogen) atoms. The van der Waals surface area contributed by atoms with Crippen LogP contribution in [0.5, 0.6) is 5.75 Å². The molecule has 116 valence electrons. The molecule has 2 aromatic rings. The normalized spacial score (nSPS) is 14.3. The van der Waals surface area contributed by atoms with Crippen LogP contribution in [0.3, 0.4) is 0 Å². The molecule has 0 radical (unpaired) electrons. The standard InChI is InChI=1S/C17H21N3O2/c1-13(2)11-19-8-9-20-16(17(19)21)10-14(18-20)12-22-15-6-4-3-5-7-15/h3-7,10,13H,8-9,11-12H2,1-2H3. The minimum atomic E-state index is 0.0680. The molecule has 1 aliphatic rings. The summed E-state index contributed by atoms with van der Waals surface area (Å²) >= 11 is 0. The summed E-state index contributed by atoms with van der Waals surface area (Å²) in [5, 5.41) is 4.47. The van der Waals surface area contributed by atoms with Gasteiger partial charge in [0, 0.05) is 13.1 Å².